The van der Waals surface area contributed by atoms with Gasteiger partial charge in [0, 0.05) is 37.4 Å². The van der Waals surface area contributed by atoms with Gasteiger partial charge in [-0.3, -0.25) is 0 Å². The van der Waals surface area contributed by atoms with E-state index in [4.69, 9.17) is 10.00 Å². The Morgan fingerprint density at radius 2 is 1.50 bits per heavy atom. The van der Waals surface area contributed by atoms with Gasteiger partial charge >= 0.3 is 6.03 Å². The number of hydrogen-bond acceptors (Lipinski definition) is 6. The van der Waals surface area contributed by atoms with Crippen LogP contribution in [0, 0.1) is 11.3 Å². The Morgan fingerprint density at radius 1 is 0.853 bits per heavy atom. The number of piperazine rings is 1. The number of benzene rings is 3. The fraction of sp³-hybridized carbons (Fsp3) is 0.154. The highest BCUT2D eigenvalue weighted by Gasteiger charge is 2.23. The maximum atomic E-state index is 12.9. The highest BCUT2D eigenvalue weighted by molar-refractivity contribution is 5.76. The highest BCUT2D eigenvalue weighted by Crippen LogP contribution is 2.24. The van der Waals surface area contributed by atoms with Gasteiger partial charge in [0.15, 0.2) is 5.82 Å². The van der Waals surface area contributed by atoms with Crippen LogP contribution < -0.4 is 9.64 Å². The fourth-order valence-electron chi connectivity index (χ4n) is 3.83. The molecular weight excluding hydrogens is 428 g/mol. The summed E-state index contributed by atoms with van der Waals surface area (Å²) >= 11 is 0. The first kappa shape index (κ1) is 21.2. The van der Waals surface area contributed by atoms with Gasteiger partial charge in [-0.25, -0.2) is 9.78 Å². The Morgan fingerprint density at radius 3 is 2.15 bits per heavy atom. The summed E-state index contributed by atoms with van der Waals surface area (Å²) in [5.41, 5.74) is 2.54. The average molecular weight is 451 g/mol. The Hall–Kier alpha value is -4.64. The van der Waals surface area contributed by atoms with Crippen molar-refractivity contribution in [1.82, 2.24) is 19.7 Å². The molecule has 1 amide bonds. The van der Waals surface area contributed by atoms with Crippen LogP contribution in [-0.2, 0) is 0 Å². The van der Waals surface area contributed by atoms with E-state index < -0.39 is 0 Å². The quantitative estimate of drug-likeness (QED) is 0.458. The van der Waals surface area contributed by atoms with Crippen molar-refractivity contribution < 1.29 is 9.53 Å². The van der Waals surface area contributed by atoms with Crippen molar-refractivity contribution in [2.75, 3.05) is 31.1 Å². The minimum Gasteiger partial charge on any atom is -0.457 e. The summed E-state index contributed by atoms with van der Waals surface area (Å²) in [5, 5.41) is 13.3. The molecule has 1 saturated heterocycles. The maximum Gasteiger partial charge on any atom is 0.346 e. The summed E-state index contributed by atoms with van der Waals surface area (Å²) in [6, 6.07) is 26.4. The number of ether oxygens (including phenoxy) is 1. The third-order valence-electron chi connectivity index (χ3n) is 5.69. The van der Waals surface area contributed by atoms with Gasteiger partial charge in [0.05, 0.1) is 11.6 Å². The number of amides is 1. The molecule has 1 fully saturated rings. The van der Waals surface area contributed by atoms with E-state index in [0.717, 1.165) is 18.7 Å². The van der Waals surface area contributed by atoms with E-state index >= 15 is 0 Å². The summed E-state index contributed by atoms with van der Waals surface area (Å²) in [5.74, 6) is 1.77. The van der Waals surface area contributed by atoms with E-state index in [1.165, 1.54) is 16.7 Å². The molecule has 0 aliphatic carbocycles. The first-order chi connectivity index (χ1) is 16.7. The topological polar surface area (TPSA) is 87.3 Å². The molecular formula is C26H22N6O2. The van der Waals surface area contributed by atoms with Crippen molar-refractivity contribution in [3.63, 3.8) is 0 Å². The number of aromatic nitrogens is 3. The van der Waals surface area contributed by atoms with Crippen molar-refractivity contribution in [1.29, 1.82) is 5.26 Å². The molecule has 0 atom stereocenters. The molecule has 5 rings (SSSR count). The van der Waals surface area contributed by atoms with E-state index in [1.54, 1.807) is 29.2 Å². The molecule has 0 N–H and O–H groups in total. The van der Waals surface area contributed by atoms with Gasteiger partial charge < -0.3 is 14.5 Å². The van der Waals surface area contributed by atoms with Crippen molar-refractivity contribution in [3.8, 4) is 29.0 Å². The smallest absolute Gasteiger partial charge is 0.346 e. The van der Waals surface area contributed by atoms with Crippen LogP contribution in [0.2, 0.25) is 0 Å². The molecule has 34 heavy (non-hydrogen) atoms. The second-order valence-corrected chi connectivity index (χ2v) is 7.87. The van der Waals surface area contributed by atoms with Gasteiger partial charge in [-0.05, 0) is 60.7 Å². The first-order valence-corrected chi connectivity index (χ1v) is 11.0. The number of rotatable bonds is 4. The zero-order valence-corrected chi connectivity index (χ0v) is 18.4. The molecule has 168 valence electrons. The third-order valence-corrected chi connectivity index (χ3v) is 5.69. The van der Waals surface area contributed by atoms with Gasteiger partial charge in [-0.2, -0.15) is 9.94 Å². The zero-order valence-electron chi connectivity index (χ0n) is 18.4. The zero-order chi connectivity index (χ0) is 23.3. The molecule has 1 aliphatic heterocycles. The average Bonchev–Trinajstić information content (AvgIpc) is 3.40. The van der Waals surface area contributed by atoms with Gasteiger partial charge in [0.25, 0.3) is 0 Å². The molecule has 8 nitrogen and oxygen atoms in total. The number of carbonyl (C=O) groups excluding carboxylic acids is 1. The lowest BCUT2D eigenvalue weighted by molar-refractivity contribution is 0.192. The van der Waals surface area contributed by atoms with E-state index in [9.17, 15) is 4.79 Å². The molecule has 0 unspecified atom stereocenters. The number of nitriles is 1. The fourth-order valence-corrected chi connectivity index (χ4v) is 3.83. The van der Waals surface area contributed by atoms with Crippen LogP contribution in [0.25, 0.3) is 11.4 Å². The standard InChI is InChI=1S/C26H22N6O2/c27-18-20-6-10-23(11-7-20)34-24-12-8-21(9-13-24)25-28-19-32(29-25)26(33)31-16-14-30(15-17-31)22-4-2-1-3-5-22/h1-13,19H,14-17H2. The summed E-state index contributed by atoms with van der Waals surface area (Å²) < 4.78 is 7.11. The SMILES string of the molecule is N#Cc1ccc(Oc2ccc(-c3ncn(C(=O)N4CCN(c5ccccc5)CC4)n3)cc2)cc1. The van der Waals surface area contributed by atoms with Gasteiger partial charge in [0.1, 0.15) is 17.8 Å². The van der Waals surface area contributed by atoms with Gasteiger partial charge in [0.2, 0.25) is 0 Å². The molecule has 3 aromatic carbocycles. The Kier molecular flexibility index (Phi) is 5.91. The molecule has 0 radical (unpaired) electrons. The van der Waals surface area contributed by atoms with Crippen molar-refractivity contribution in [2.24, 2.45) is 0 Å². The summed E-state index contributed by atoms with van der Waals surface area (Å²) in [7, 11) is 0. The Balaban J connectivity index is 1.20. The Labute approximate surface area is 197 Å². The van der Waals surface area contributed by atoms with E-state index in [2.05, 4.69) is 33.2 Å². The van der Waals surface area contributed by atoms with E-state index in [-0.39, 0.29) is 6.03 Å². The number of anilines is 1. The predicted octanol–water partition coefficient (Wildman–Crippen LogP) is 4.40. The number of nitrogens with zero attached hydrogens (tertiary/aromatic N) is 6. The minimum atomic E-state index is -0.174. The number of para-hydroxylation sites is 1. The minimum absolute atomic E-state index is 0.174. The summed E-state index contributed by atoms with van der Waals surface area (Å²) in [6.45, 7) is 2.81. The van der Waals surface area contributed by atoms with Crippen LogP contribution in [0.15, 0.2) is 85.2 Å². The maximum absolute atomic E-state index is 12.9. The number of carbonyl (C=O) groups is 1. The van der Waals surface area contributed by atoms with E-state index in [1.807, 2.05) is 42.5 Å². The molecule has 2 heterocycles. The molecule has 8 heteroatoms. The monoisotopic (exact) mass is 450 g/mol. The molecule has 1 aromatic heterocycles. The predicted molar refractivity (Wildman–Crippen MR) is 128 cm³/mol. The van der Waals surface area contributed by atoms with Crippen LogP contribution >= 0.6 is 0 Å². The normalized spacial score (nSPS) is 13.4. The van der Waals surface area contributed by atoms with Crippen molar-refractivity contribution in [2.45, 2.75) is 0 Å². The largest absolute Gasteiger partial charge is 0.457 e. The Bertz CT molecular complexity index is 1300. The van der Waals surface area contributed by atoms with Crippen LogP contribution in [-0.4, -0.2) is 51.9 Å². The molecule has 0 bridgehead atoms. The van der Waals surface area contributed by atoms with Crippen LogP contribution in [0.5, 0.6) is 11.5 Å². The van der Waals surface area contributed by atoms with Crippen LogP contribution in [0.4, 0.5) is 10.5 Å². The van der Waals surface area contributed by atoms with Gasteiger partial charge in [-0.1, -0.05) is 18.2 Å². The summed E-state index contributed by atoms with van der Waals surface area (Å²) in [4.78, 5) is 21.3. The molecule has 0 saturated carbocycles. The van der Waals surface area contributed by atoms with Crippen LogP contribution in [0.1, 0.15) is 5.56 Å². The second kappa shape index (κ2) is 9.46. The first-order valence-electron chi connectivity index (χ1n) is 11.0. The highest BCUT2D eigenvalue weighted by atomic mass is 16.5. The molecule has 1 aliphatic rings. The van der Waals surface area contributed by atoms with E-state index in [0.29, 0.717) is 36.0 Å². The molecule has 0 spiro atoms. The lowest BCUT2D eigenvalue weighted by atomic mass is 10.2. The summed E-state index contributed by atoms with van der Waals surface area (Å²) in [6.07, 6.45) is 1.46. The molecule has 4 aromatic rings. The lowest BCUT2D eigenvalue weighted by Crippen LogP contribution is -2.50. The van der Waals surface area contributed by atoms with Crippen LogP contribution in [0.3, 0.4) is 0 Å². The van der Waals surface area contributed by atoms with Gasteiger partial charge in [-0.15, -0.1) is 5.10 Å². The van der Waals surface area contributed by atoms with Crippen molar-refractivity contribution >= 4 is 11.7 Å². The third kappa shape index (κ3) is 4.59. The second-order valence-electron chi connectivity index (χ2n) is 7.87. The van der Waals surface area contributed by atoms with Crippen molar-refractivity contribution in [3.05, 3.63) is 90.8 Å². The lowest BCUT2D eigenvalue weighted by Gasteiger charge is -2.35. The number of hydrogen-bond donors (Lipinski definition) is 0.